The molecule has 1 fully saturated rings. The molecule has 1 aromatic heterocycles. The van der Waals surface area contributed by atoms with Crippen molar-refractivity contribution in [2.24, 2.45) is 5.92 Å². The zero-order valence-corrected chi connectivity index (χ0v) is 19.9. The summed E-state index contributed by atoms with van der Waals surface area (Å²) in [6.45, 7) is 7.10. The van der Waals surface area contributed by atoms with E-state index in [1.165, 1.54) is 29.4 Å². The minimum absolute atomic E-state index is 0.143. The van der Waals surface area contributed by atoms with Gasteiger partial charge < -0.3 is 19.9 Å². The lowest BCUT2D eigenvalue weighted by Crippen LogP contribution is -2.34. The highest BCUT2D eigenvalue weighted by Crippen LogP contribution is 2.36. The fourth-order valence-corrected chi connectivity index (χ4v) is 3.73. The van der Waals surface area contributed by atoms with Crippen molar-refractivity contribution < 1.29 is 23.4 Å². The minimum atomic E-state index is -0.786. The Labute approximate surface area is 201 Å². The number of amides is 1. The first-order valence-electron chi connectivity index (χ1n) is 10.9. The van der Waals surface area contributed by atoms with Gasteiger partial charge in [0.2, 0.25) is 0 Å². The Hall–Kier alpha value is -3.17. The van der Waals surface area contributed by atoms with Crippen LogP contribution in [0, 0.1) is 11.7 Å². The molecule has 1 aliphatic heterocycles. The second kappa shape index (κ2) is 9.60. The Morgan fingerprint density at radius 2 is 2.09 bits per heavy atom. The molecule has 8 nitrogen and oxygen atoms in total. The van der Waals surface area contributed by atoms with Crippen LogP contribution in [0.4, 0.5) is 26.4 Å². The maximum atomic E-state index is 13.8. The maximum Gasteiger partial charge on any atom is 0.420 e. The number of benzene rings is 2. The minimum Gasteiger partial charge on any atom is -0.491 e. The highest BCUT2D eigenvalue weighted by Gasteiger charge is 2.28. The number of nitrogens with zero attached hydrogens (tertiary/aromatic N) is 3. The van der Waals surface area contributed by atoms with Gasteiger partial charge in [0, 0.05) is 24.0 Å². The third kappa shape index (κ3) is 5.31. The van der Waals surface area contributed by atoms with Crippen LogP contribution in [-0.2, 0) is 9.47 Å². The number of anilines is 3. The number of fused-ring (bicyclic) bond motifs is 1. The van der Waals surface area contributed by atoms with Crippen LogP contribution in [0.15, 0.2) is 36.7 Å². The summed E-state index contributed by atoms with van der Waals surface area (Å²) in [5.74, 6) is 0.393. The molecule has 0 radical (unpaired) electrons. The number of hydrogen-bond donors (Lipinski definition) is 1. The van der Waals surface area contributed by atoms with Crippen LogP contribution >= 0.6 is 11.6 Å². The number of ether oxygens (including phenoxy) is 3. The predicted molar refractivity (Wildman–Crippen MR) is 128 cm³/mol. The summed E-state index contributed by atoms with van der Waals surface area (Å²) in [7, 11) is 0. The van der Waals surface area contributed by atoms with Gasteiger partial charge in [0.05, 0.1) is 35.1 Å². The molecule has 2 aromatic carbocycles. The Bertz CT molecular complexity index is 1210. The summed E-state index contributed by atoms with van der Waals surface area (Å²) in [6.07, 6.45) is 1.55. The molecule has 2 heterocycles. The number of carbonyl (C=O) groups is 1. The molecular weight excluding hydrogens is 463 g/mol. The van der Waals surface area contributed by atoms with E-state index in [1.54, 1.807) is 32.9 Å². The number of carbonyl (C=O) groups excluding carboxylic acids is 1. The van der Waals surface area contributed by atoms with Gasteiger partial charge in [-0.25, -0.2) is 24.1 Å². The van der Waals surface area contributed by atoms with Gasteiger partial charge in [-0.3, -0.25) is 0 Å². The summed E-state index contributed by atoms with van der Waals surface area (Å²) in [6, 6.07) is 7.28. The molecule has 0 bridgehead atoms. The van der Waals surface area contributed by atoms with Gasteiger partial charge >= 0.3 is 6.09 Å². The fourth-order valence-electron chi connectivity index (χ4n) is 3.56. The molecule has 1 atom stereocenters. The van der Waals surface area contributed by atoms with E-state index in [0.29, 0.717) is 41.5 Å². The van der Waals surface area contributed by atoms with E-state index in [9.17, 15) is 9.18 Å². The van der Waals surface area contributed by atoms with Gasteiger partial charge in [-0.05, 0) is 51.5 Å². The van der Waals surface area contributed by atoms with E-state index in [-0.39, 0.29) is 16.5 Å². The van der Waals surface area contributed by atoms with Crippen LogP contribution in [-0.4, -0.2) is 41.5 Å². The zero-order valence-electron chi connectivity index (χ0n) is 19.2. The van der Waals surface area contributed by atoms with Crippen molar-refractivity contribution in [3.05, 3.63) is 47.5 Å². The number of halogens is 2. The molecule has 4 rings (SSSR count). The molecule has 2 N–H and O–H groups in total. The molecule has 1 amide bonds. The summed E-state index contributed by atoms with van der Waals surface area (Å²) < 4.78 is 30.8. The number of nitrogen functional groups attached to an aromatic ring is 1. The Morgan fingerprint density at radius 3 is 2.76 bits per heavy atom. The molecule has 1 aliphatic rings. The number of aromatic nitrogens is 2. The molecule has 1 unspecified atom stereocenters. The molecule has 0 saturated carbocycles. The number of rotatable bonds is 5. The zero-order chi connectivity index (χ0) is 24.5. The average Bonchev–Trinajstić information content (AvgIpc) is 3.28. The largest absolute Gasteiger partial charge is 0.491 e. The third-order valence-electron chi connectivity index (χ3n) is 5.19. The summed E-state index contributed by atoms with van der Waals surface area (Å²) in [5.41, 5.74) is 6.65. The normalized spacial score (nSPS) is 16.0. The van der Waals surface area contributed by atoms with Gasteiger partial charge in [0.15, 0.2) is 5.82 Å². The highest BCUT2D eigenvalue weighted by atomic mass is 35.5. The van der Waals surface area contributed by atoms with Crippen molar-refractivity contribution >= 4 is 45.8 Å². The summed E-state index contributed by atoms with van der Waals surface area (Å²) in [4.78, 5) is 23.1. The second-order valence-electron chi connectivity index (χ2n) is 9.06. The van der Waals surface area contributed by atoms with Crippen molar-refractivity contribution in [3.63, 3.8) is 0 Å². The average molecular weight is 489 g/mol. The molecule has 34 heavy (non-hydrogen) atoms. The molecule has 0 spiro atoms. The van der Waals surface area contributed by atoms with Crippen LogP contribution in [0.3, 0.4) is 0 Å². The Kier molecular flexibility index (Phi) is 6.77. The number of nitrogens with two attached hydrogens (primary N) is 1. The van der Waals surface area contributed by atoms with Crippen molar-refractivity contribution in [2.75, 3.05) is 30.5 Å². The second-order valence-corrected chi connectivity index (χ2v) is 9.47. The first-order chi connectivity index (χ1) is 16.1. The van der Waals surface area contributed by atoms with E-state index < -0.39 is 17.5 Å². The standard InChI is InChI=1S/C24H26ClFN4O4/c1-24(2,3)34-23(31)30(15-4-5-18(26)17(25)8-15)22-16-9-19(27)21(10-20(16)28-13-29-22)33-12-14-6-7-32-11-14/h4-5,8-10,13-14H,6-7,11-12,27H2,1-3H3. The van der Waals surface area contributed by atoms with Crippen molar-refractivity contribution in [1.29, 1.82) is 0 Å². The van der Waals surface area contributed by atoms with E-state index >= 15 is 0 Å². The van der Waals surface area contributed by atoms with E-state index in [2.05, 4.69) is 9.97 Å². The van der Waals surface area contributed by atoms with Gasteiger partial charge in [0.1, 0.15) is 23.5 Å². The Balaban J connectivity index is 1.76. The maximum absolute atomic E-state index is 13.8. The van der Waals surface area contributed by atoms with Crippen LogP contribution in [0.5, 0.6) is 5.75 Å². The lowest BCUT2D eigenvalue weighted by Gasteiger charge is -2.27. The SMILES string of the molecule is CC(C)(C)OC(=O)N(c1ccc(F)c(Cl)c1)c1ncnc2cc(OCC3CCOC3)c(N)cc12. The molecule has 0 aliphatic carbocycles. The van der Waals surface area contributed by atoms with E-state index in [0.717, 1.165) is 13.0 Å². The molecule has 3 aromatic rings. The van der Waals surface area contributed by atoms with Crippen molar-refractivity contribution in [1.82, 2.24) is 9.97 Å². The lowest BCUT2D eigenvalue weighted by molar-refractivity contribution is 0.0598. The Morgan fingerprint density at radius 1 is 1.29 bits per heavy atom. The van der Waals surface area contributed by atoms with Gasteiger partial charge in [0.25, 0.3) is 0 Å². The number of hydrogen-bond acceptors (Lipinski definition) is 7. The molecular formula is C24H26ClFN4O4. The van der Waals surface area contributed by atoms with Gasteiger partial charge in [-0.1, -0.05) is 11.6 Å². The van der Waals surface area contributed by atoms with Crippen LogP contribution in [0.2, 0.25) is 5.02 Å². The highest BCUT2D eigenvalue weighted by molar-refractivity contribution is 6.31. The summed E-state index contributed by atoms with van der Waals surface area (Å²) >= 11 is 6.00. The first-order valence-corrected chi connectivity index (χ1v) is 11.2. The van der Waals surface area contributed by atoms with E-state index in [4.69, 9.17) is 31.5 Å². The molecule has 180 valence electrons. The smallest absolute Gasteiger partial charge is 0.420 e. The van der Waals surface area contributed by atoms with Crippen molar-refractivity contribution in [2.45, 2.75) is 32.8 Å². The topological polar surface area (TPSA) is 99.8 Å². The lowest BCUT2D eigenvalue weighted by atomic mass is 10.1. The van der Waals surface area contributed by atoms with Crippen LogP contribution in [0.25, 0.3) is 10.9 Å². The van der Waals surface area contributed by atoms with Crippen molar-refractivity contribution in [3.8, 4) is 5.75 Å². The summed E-state index contributed by atoms with van der Waals surface area (Å²) in [5, 5.41) is 0.346. The van der Waals surface area contributed by atoms with Crippen LogP contribution < -0.4 is 15.4 Å². The van der Waals surface area contributed by atoms with Gasteiger partial charge in [-0.15, -0.1) is 0 Å². The quantitative estimate of drug-likeness (QED) is 0.474. The van der Waals surface area contributed by atoms with E-state index in [1.807, 2.05) is 0 Å². The fraction of sp³-hybridized carbons (Fsp3) is 0.375. The third-order valence-corrected chi connectivity index (χ3v) is 5.48. The molecule has 1 saturated heterocycles. The molecule has 10 heteroatoms. The monoisotopic (exact) mass is 488 g/mol. The predicted octanol–water partition coefficient (Wildman–Crippen LogP) is 5.49. The van der Waals surface area contributed by atoms with Gasteiger partial charge in [-0.2, -0.15) is 0 Å². The first kappa shape index (κ1) is 24.0. The van der Waals surface area contributed by atoms with Crippen LogP contribution in [0.1, 0.15) is 27.2 Å².